The first-order valence-electron chi connectivity index (χ1n) is 9.17. The number of nitriles is 1. The van der Waals surface area contributed by atoms with Crippen LogP contribution in [0.1, 0.15) is 19.3 Å². The van der Waals surface area contributed by atoms with Gasteiger partial charge in [-0.05, 0) is 38.1 Å². The van der Waals surface area contributed by atoms with Crippen molar-refractivity contribution in [1.29, 1.82) is 5.26 Å². The van der Waals surface area contributed by atoms with Crippen molar-refractivity contribution < 1.29 is 5.11 Å². The number of anilines is 2. The molecule has 138 valence electrons. The second-order valence-electron chi connectivity index (χ2n) is 6.59. The van der Waals surface area contributed by atoms with Gasteiger partial charge in [-0.3, -0.25) is 0 Å². The molecule has 1 aromatic carbocycles. The predicted molar refractivity (Wildman–Crippen MR) is 103 cm³/mol. The van der Waals surface area contributed by atoms with E-state index in [1.807, 2.05) is 36.2 Å². The smallest absolute Gasteiger partial charge is 0.228 e. The summed E-state index contributed by atoms with van der Waals surface area (Å²) in [7, 11) is 1.96. The van der Waals surface area contributed by atoms with Crippen molar-refractivity contribution in [3.63, 3.8) is 0 Å². The molecule has 0 aliphatic carbocycles. The van der Waals surface area contributed by atoms with Gasteiger partial charge in [0.2, 0.25) is 5.95 Å². The zero-order valence-electron chi connectivity index (χ0n) is 15.2. The van der Waals surface area contributed by atoms with Crippen LogP contribution >= 0.6 is 0 Å². The minimum absolute atomic E-state index is 0.0692. The summed E-state index contributed by atoms with van der Waals surface area (Å²) in [5, 5.41) is 22.8. The molecule has 26 heavy (non-hydrogen) atoms. The Labute approximate surface area is 154 Å². The highest BCUT2D eigenvalue weighted by Gasteiger charge is 2.24. The molecule has 2 N–H and O–H groups in total. The Morgan fingerprint density at radius 3 is 2.73 bits per heavy atom. The third kappa shape index (κ3) is 4.03. The zero-order chi connectivity index (χ0) is 18.4. The van der Waals surface area contributed by atoms with E-state index < -0.39 is 0 Å². The van der Waals surface area contributed by atoms with Crippen LogP contribution in [0, 0.1) is 11.3 Å². The molecule has 0 atom stereocenters. The van der Waals surface area contributed by atoms with E-state index in [1.165, 1.54) is 0 Å². The molecule has 0 unspecified atom stereocenters. The lowest BCUT2D eigenvalue weighted by Crippen LogP contribution is -2.45. The summed E-state index contributed by atoms with van der Waals surface area (Å²) >= 11 is 0. The van der Waals surface area contributed by atoms with Gasteiger partial charge in [-0.25, -0.2) is 4.98 Å². The molecule has 7 heteroatoms. The number of hydrogen-bond acceptors (Lipinski definition) is 7. The van der Waals surface area contributed by atoms with Crippen molar-refractivity contribution in [3.05, 3.63) is 24.3 Å². The molecule has 0 saturated carbocycles. The topological polar surface area (TPSA) is 88.3 Å². The van der Waals surface area contributed by atoms with E-state index in [4.69, 9.17) is 15.2 Å². The Hall–Kier alpha value is -2.43. The molecule has 1 saturated heterocycles. The Morgan fingerprint density at radius 1 is 1.23 bits per heavy atom. The second-order valence-corrected chi connectivity index (χ2v) is 6.59. The number of para-hydroxylation sites is 1. The average Bonchev–Trinajstić information content (AvgIpc) is 2.70. The van der Waals surface area contributed by atoms with Crippen molar-refractivity contribution in [1.82, 2.24) is 15.3 Å². The number of aliphatic hydroxyl groups is 1. The van der Waals surface area contributed by atoms with E-state index in [-0.39, 0.29) is 6.61 Å². The Kier molecular flexibility index (Phi) is 6.21. The van der Waals surface area contributed by atoms with Crippen LogP contribution in [0.3, 0.4) is 0 Å². The van der Waals surface area contributed by atoms with Gasteiger partial charge in [-0.2, -0.15) is 10.2 Å². The van der Waals surface area contributed by atoms with Crippen LogP contribution in [-0.2, 0) is 0 Å². The standard InChI is InChI=1S/C19H26N6O/c1-24(12-4-9-20)18-16-5-2-3-6-17(16)22-19(23-18)25(13-14-26)15-7-10-21-11-8-15/h2-3,5-6,15,21,26H,4,7-8,10-14H2,1H3. The van der Waals surface area contributed by atoms with Crippen LogP contribution in [-0.4, -0.2) is 60.9 Å². The summed E-state index contributed by atoms with van der Waals surface area (Å²) in [4.78, 5) is 13.8. The number of rotatable bonds is 7. The molecule has 1 fully saturated rings. The third-order valence-electron chi connectivity index (χ3n) is 4.84. The molecule has 0 amide bonds. The van der Waals surface area contributed by atoms with Crippen LogP contribution < -0.4 is 15.1 Å². The summed E-state index contributed by atoms with van der Waals surface area (Å²) in [5.74, 6) is 1.49. The second kappa shape index (κ2) is 8.79. The number of nitrogens with one attached hydrogen (secondary N) is 1. The molecule has 3 rings (SSSR count). The first kappa shape index (κ1) is 18.4. The van der Waals surface area contributed by atoms with E-state index in [2.05, 4.69) is 16.3 Å². The highest BCUT2D eigenvalue weighted by molar-refractivity contribution is 5.90. The van der Waals surface area contributed by atoms with E-state index in [0.29, 0.717) is 31.5 Å². The summed E-state index contributed by atoms with van der Waals surface area (Å²) in [6.07, 6.45) is 2.46. The fourth-order valence-corrected chi connectivity index (χ4v) is 3.46. The summed E-state index contributed by atoms with van der Waals surface area (Å²) in [6.45, 7) is 3.14. The number of aromatic nitrogens is 2. The molecular weight excluding hydrogens is 328 g/mol. The monoisotopic (exact) mass is 354 g/mol. The number of piperidine rings is 1. The fraction of sp³-hybridized carbons (Fsp3) is 0.526. The molecule has 1 aliphatic heterocycles. The van der Waals surface area contributed by atoms with Crippen molar-refractivity contribution in [2.75, 3.05) is 49.6 Å². The van der Waals surface area contributed by atoms with Gasteiger partial charge in [-0.15, -0.1) is 0 Å². The molecule has 7 nitrogen and oxygen atoms in total. The van der Waals surface area contributed by atoms with Crippen LogP contribution in [0.4, 0.5) is 11.8 Å². The first-order chi connectivity index (χ1) is 12.7. The Morgan fingerprint density at radius 2 is 2.00 bits per heavy atom. The highest BCUT2D eigenvalue weighted by atomic mass is 16.3. The normalized spacial score (nSPS) is 15.0. The number of nitrogens with zero attached hydrogens (tertiary/aromatic N) is 5. The predicted octanol–water partition coefficient (Wildman–Crippen LogP) is 1.53. The molecule has 0 radical (unpaired) electrons. The quantitative estimate of drug-likeness (QED) is 0.779. The SMILES string of the molecule is CN(CCC#N)c1nc(N(CCO)C2CCNCC2)nc2ccccc12. The number of aliphatic hydroxyl groups excluding tert-OH is 1. The lowest BCUT2D eigenvalue weighted by atomic mass is 10.1. The van der Waals surface area contributed by atoms with E-state index in [0.717, 1.165) is 42.7 Å². The maximum Gasteiger partial charge on any atom is 0.228 e. The van der Waals surface area contributed by atoms with E-state index in [1.54, 1.807) is 0 Å². The van der Waals surface area contributed by atoms with Gasteiger partial charge in [0.15, 0.2) is 0 Å². The first-order valence-corrected chi connectivity index (χ1v) is 9.17. The lowest BCUT2D eigenvalue weighted by molar-refractivity contribution is 0.290. The number of fused-ring (bicyclic) bond motifs is 1. The molecule has 0 bridgehead atoms. The van der Waals surface area contributed by atoms with Crippen LogP contribution in [0.5, 0.6) is 0 Å². The summed E-state index contributed by atoms with van der Waals surface area (Å²) in [6, 6.07) is 10.5. The molecule has 0 spiro atoms. The fourth-order valence-electron chi connectivity index (χ4n) is 3.46. The molecule has 1 aliphatic rings. The van der Waals surface area contributed by atoms with Crippen molar-refractivity contribution in [2.24, 2.45) is 0 Å². The van der Waals surface area contributed by atoms with Gasteiger partial charge in [0.25, 0.3) is 0 Å². The van der Waals surface area contributed by atoms with E-state index in [9.17, 15) is 5.11 Å². The van der Waals surface area contributed by atoms with Gasteiger partial charge in [0, 0.05) is 31.6 Å². The lowest BCUT2D eigenvalue weighted by Gasteiger charge is -2.35. The molecule has 1 aromatic heterocycles. The number of benzene rings is 1. The highest BCUT2D eigenvalue weighted by Crippen LogP contribution is 2.28. The molecule has 2 heterocycles. The third-order valence-corrected chi connectivity index (χ3v) is 4.84. The van der Waals surface area contributed by atoms with Gasteiger partial charge in [0.05, 0.1) is 24.6 Å². The van der Waals surface area contributed by atoms with Crippen molar-refractivity contribution >= 4 is 22.7 Å². The van der Waals surface area contributed by atoms with Gasteiger partial charge in [0.1, 0.15) is 5.82 Å². The molecular formula is C19H26N6O. The van der Waals surface area contributed by atoms with E-state index >= 15 is 0 Å². The maximum absolute atomic E-state index is 9.58. The largest absolute Gasteiger partial charge is 0.395 e. The maximum atomic E-state index is 9.58. The van der Waals surface area contributed by atoms with Gasteiger partial charge >= 0.3 is 0 Å². The minimum Gasteiger partial charge on any atom is -0.395 e. The number of hydrogen-bond donors (Lipinski definition) is 2. The van der Waals surface area contributed by atoms with Crippen LogP contribution in [0.25, 0.3) is 10.9 Å². The van der Waals surface area contributed by atoms with Gasteiger partial charge in [-0.1, -0.05) is 12.1 Å². The minimum atomic E-state index is 0.0692. The summed E-state index contributed by atoms with van der Waals surface area (Å²) in [5.41, 5.74) is 0.883. The van der Waals surface area contributed by atoms with Crippen molar-refractivity contribution in [3.8, 4) is 6.07 Å². The average molecular weight is 354 g/mol. The van der Waals surface area contributed by atoms with Crippen LogP contribution in [0.2, 0.25) is 0 Å². The van der Waals surface area contributed by atoms with Crippen LogP contribution in [0.15, 0.2) is 24.3 Å². The van der Waals surface area contributed by atoms with Crippen molar-refractivity contribution in [2.45, 2.75) is 25.3 Å². The van der Waals surface area contributed by atoms with Gasteiger partial charge < -0.3 is 20.2 Å². The summed E-state index contributed by atoms with van der Waals surface area (Å²) < 4.78 is 0. The Balaban J connectivity index is 2.02. The Bertz CT molecular complexity index is 768. The zero-order valence-corrected chi connectivity index (χ0v) is 15.2. The molecule has 2 aromatic rings.